The molecule has 1 heterocycles. The van der Waals surface area contributed by atoms with Crippen molar-refractivity contribution >= 4 is 40.0 Å². The van der Waals surface area contributed by atoms with Crippen LogP contribution in [0.15, 0.2) is 48.5 Å². The van der Waals surface area contributed by atoms with Crippen LogP contribution in [0.25, 0.3) is 10.9 Å². The first-order valence-corrected chi connectivity index (χ1v) is 6.54. The average Bonchev–Trinajstić information content (AvgIpc) is 2.49. The SMILES string of the molecule is O=C(O)c1nc(Nc2ccccc2Cl)c2ccccc2n1. The quantitative estimate of drug-likeness (QED) is 0.771. The molecule has 0 saturated carbocycles. The number of carboxylic acid groups (broad SMARTS) is 1. The minimum Gasteiger partial charge on any atom is -0.475 e. The summed E-state index contributed by atoms with van der Waals surface area (Å²) in [5.74, 6) is -1.03. The molecule has 0 atom stereocenters. The van der Waals surface area contributed by atoms with E-state index in [0.29, 0.717) is 22.0 Å². The highest BCUT2D eigenvalue weighted by atomic mass is 35.5. The van der Waals surface area contributed by atoms with Gasteiger partial charge in [-0.1, -0.05) is 35.9 Å². The summed E-state index contributed by atoms with van der Waals surface area (Å²) in [6.45, 7) is 0. The van der Waals surface area contributed by atoms with Crippen molar-refractivity contribution in [2.75, 3.05) is 5.32 Å². The summed E-state index contributed by atoms with van der Waals surface area (Å²) < 4.78 is 0. The Morgan fingerprint density at radius 2 is 1.76 bits per heavy atom. The molecule has 0 aliphatic heterocycles. The van der Waals surface area contributed by atoms with Crippen LogP contribution in [0.5, 0.6) is 0 Å². The van der Waals surface area contributed by atoms with Gasteiger partial charge in [-0.05, 0) is 24.3 Å². The molecule has 2 aromatic carbocycles. The van der Waals surface area contributed by atoms with E-state index in [2.05, 4.69) is 15.3 Å². The first-order chi connectivity index (χ1) is 10.1. The summed E-state index contributed by atoms with van der Waals surface area (Å²) in [7, 11) is 0. The van der Waals surface area contributed by atoms with Gasteiger partial charge in [0.25, 0.3) is 0 Å². The molecule has 2 N–H and O–H groups in total. The van der Waals surface area contributed by atoms with E-state index in [-0.39, 0.29) is 5.82 Å². The first-order valence-electron chi connectivity index (χ1n) is 6.17. The maximum absolute atomic E-state index is 11.1. The number of para-hydroxylation sites is 2. The highest BCUT2D eigenvalue weighted by molar-refractivity contribution is 6.33. The van der Waals surface area contributed by atoms with Crippen LogP contribution in [0.3, 0.4) is 0 Å². The van der Waals surface area contributed by atoms with E-state index in [1.165, 1.54) is 0 Å². The highest BCUT2D eigenvalue weighted by Gasteiger charge is 2.13. The molecule has 0 aliphatic carbocycles. The van der Waals surface area contributed by atoms with Crippen LogP contribution >= 0.6 is 11.6 Å². The Kier molecular flexibility index (Phi) is 3.41. The van der Waals surface area contributed by atoms with Gasteiger partial charge in [-0.25, -0.2) is 14.8 Å². The topological polar surface area (TPSA) is 75.1 Å². The van der Waals surface area contributed by atoms with E-state index in [0.717, 1.165) is 5.39 Å². The van der Waals surface area contributed by atoms with Gasteiger partial charge >= 0.3 is 5.97 Å². The number of rotatable bonds is 3. The molecular weight excluding hydrogens is 290 g/mol. The van der Waals surface area contributed by atoms with Crippen molar-refractivity contribution in [3.63, 3.8) is 0 Å². The molecule has 0 bridgehead atoms. The number of carboxylic acids is 1. The van der Waals surface area contributed by atoms with Crippen molar-refractivity contribution in [2.45, 2.75) is 0 Å². The standard InChI is InChI=1S/C15H10ClN3O2/c16-10-6-2-4-8-12(10)18-13-9-5-1-3-7-11(9)17-14(19-13)15(20)21/h1-8H,(H,20,21)(H,17,18,19). The molecule has 0 radical (unpaired) electrons. The molecule has 0 saturated heterocycles. The second-order valence-electron chi connectivity index (χ2n) is 4.32. The Morgan fingerprint density at radius 3 is 2.52 bits per heavy atom. The summed E-state index contributed by atoms with van der Waals surface area (Å²) in [6.07, 6.45) is 0. The third-order valence-corrected chi connectivity index (χ3v) is 3.25. The van der Waals surface area contributed by atoms with Crippen molar-refractivity contribution < 1.29 is 9.90 Å². The van der Waals surface area contributed by atoms with Crippen molar-refractivity contribution in [1.29, 1.82) is 0 Å². The fraction of sp³-hybridized carbons (Fsp3) is 0. The second kappa shape index (κ2) is 5.38. The summed E-state index contributed by atoms with van der Waals surface area (Å²) in [5.41, 5.74) is 1.21. The number of benzene rings is 2. The first kappa shape index (κ1) is 13.3. The van der Waals surface area contributed by atoms with Crippen LogP contribution in [-0.4, -0.2) is 21.0 Å². The summed E-state index contributed by atoms with van der Waals surface area (Å²) in [6, 6.07) is 14.4. The van der Waals surface area contributed by atoms with Gasteiger partial charge in [0.2, 0.25) is 5.82 Å². The fourth-order valence-electron chi connectivity index (χ4n) is 1.96. The molecule has 0 aliphatic rings. The van der Waals surface area contributed by atoms with Gasteiger partial charge in [-0.15, -0.1) is 0 Å². The van der Waals surface area contributed by atoms with Gasteiger partial charge in [0, 0.05) is 5.39 Å². The molecule has 0 amide bonds. The maximum Gasteiger partial charge on any atom is 0.374 e. The van der Waals surface area contributed by atoms with Gasteiger partial charge < -0.3 is 10.4 Å². The van der Waals surface area contributed by atoms with Crippen molar-refractivity contribution in [3.05, 3.63) is 59.4 Å². The molecule has 1 aromatic heterocycles. The molecule has 3 rings (SSSR count). The Balaban J connectivity index is 2.16. The van der Waals surface area contributed by atoms with Gasteiger partial charge in [-0.2, -0.15) is 0 Å². The van der Waals surface area contributed by atoms with E-state index in [1.807, 2.05) is 24.3 Å². The van der Waals surface area contributed by atoms with E-state index >= 15 is 0 Å². The number of aromatic nitrogens is 2. The van der Waals surface area contributed by atoms with Crippen LogP contribution in [0.4, 0.5) is 11.5 Å². The zero-order valence-electron chi connectivity index (χ0n) is 10.7. The molecule has 3 aromatic rings. The number of halogens is 1. The number of hydrogen-bond acceptors (Lipinski definition) is 4. The zero-order valence-corrected chi connectivity index (χ0v) is 11.5. The second-order valence-corrected chi connectivity index (χ2v) is 4.73. The smallest absolute Gasteiger partial charge is 0.374 e. The molecule has 0 fully saturated rings. The van der Waals surface area contributed by atoms with E-state index < -0.39 is 5.97 Å². The number of hydrogen-bond donors (Lipinski definition) is 2. The lowest BCUT2D eigenvalue weighted by Gasteiger charge is -2.10. The average molecular weight is 300 g/mol. The van der Waals surface area contributed by atoms with Crippen molar-refractivity contribution in [1.82, 2.24) is 9.97 Å². The Morgan fingerprint density at radius 1 is 1.05 bits per heavy atom. The molecule has 5 nitrogen and oxygen atoms in total. The van der Waals surface area contributed by atoms with Gasteiger partial charge in [-0.3, -0.25) is 0 Å². The van der Waals surface area contributed by atoms with Crippen molar-refractivity contribution in [3.8, 4) is 0 Å². The number of anilines is 2. The maximum atomic E-state index is 11.1. The number of fused-ring (bicyclic) bond motifs is 1. The normalized spacial score (nSPS) is 10.5. The fourth-order valence-corrected chi connectivity index (χ4v) is 2.14. The van der Waals surface area contributed by atoms with E-state index in [9.17, 15) is 4.79 Å². The molecule has 6 heteroatoms. The minimum atomic E-state index is -1.18. The lowest BCUT2D eigenvalue weighted by molar-refractivity contribution is 0.0684. The van der Waals surface area contributed by atoms with Crippen LogP contribution in [-0.2, 0) is 0 Å². The van der Waals surface area contributed by atoms with E-state index in [1.54, 1.807) is 24.3 Å². The minimum absolute atomic E-state index is 0.261. The van der Waals surface area contributed by atoms with Crippen molar-refractivity contribution in [2.24, 2.45) is 0 Å². The van der Waals surface area contributed by atoms with E-state index in [4.69, 9.17) is 16.7 Å². The number of carbonyl (C=O) groups is 1. The number of aromatic carboxylic acids is 1. The largest absolute Gasteiger partial charge is 0.475 e. The predicted molar refractivity (Wildman–Crippen MR) is 81.2 cm³/mol. The highest BCUT2D eigenvalue weighted by Crippen LogP contribution is 2.28. The monoisotopic (exact) mass is 299 g/mol. The third kappa shape index (κ3) is 2.64. The Hall–Kier alpha value is -2.66. The summed E-state index contributed by atoms with van der Waals surface area (Å²) in [5, 5.41) is 13.4. The lowest BCUT2D eigenvalue weighted by Crippen LogP contribution is -2.07. The molecule has 0 spiro atoms. The predicted octanol–water partition coefficient (Wildman–Crippen LogP) is 3.73. The van der Waals surface area contributed by atoms with Crippen LogP contribution in [0.2, 0.25) is 5.02 Å². The molecule has 104 valence electrons. The molecular formula is C15H10ClN3O2. The number of nitrogens with one attached hydrogen (secondary N) is 1. The number of nitrogens with zero attached hydrogens (tertiary/aromatic N) is 2. The van der Waals surface area contributed by atoms with Gasteiger partial charge in [0.1, 0.15) is 5.82 Å². The summed E-state index contributed by atoms with van der Waals surface area (Å²) in [4.78, 5) is 19.2. The lowest BCUT2D eigenvalue weighted by atomic mass is 10.2. The Bertz CT molecular complexity index is 836. The Labute approximate surface area is 125 Å². The van der Waals surface area contributed by atoms with Gasteiger partial charge in [0.15, 0.2) is 0 Å². The molecule has 21 heavy (non-hydrogen) atoms. The summed E-state index contributed by atoms with van der Waals surface area (Å²) >= 11 is 6.11. The molecule has 0 unspecified atom stereocenters. The zero-order chi connectivity index (χ0) is 14.8. The van der Waals surface area contributed by atoms with Gasteiger partial charge in [0.05, 0.1) is 16.2 Å². The van der Waals surface area contributed by atoms with Crippen LogP contribution in [0.1, 0.15) is 10.6 Å². The third-order valence-electron chi connectivity index (χ3n) is 2.92. The van der Waals surface area contributed by atoms with Crippen LogP contribution in [0, 0.1) is 0 Å². The van der Waals surface area contributed by atoms with Crippen LogP contribution < -0.4 is 5.32 Å².